The Morgan fingerprint density at radius 1 is 1.08 bits per heavy atom. The fourth-order valence-electron chi connectivity index (χ4n) is 1.92. The van der Waals surface area contributed by atoms with E-state index < -0.39 is 11.8 Å². The van der Waals surface area contributed by atoms with E-state index in [1.807, 2.05) is 0 Å². The number of carbonyl (C=O) groups excluding carboxylic acids is 2. The predicted octanol–water partition coefficient (Wildman–Crippen LogP) is 4.74. The van der Waals surface area contributed by atoms with Crippen LogP contribution in [0.1, 0.15) is 17.3 Å². The van der Waals surface area contributed by atoms with E-state index >= 15 is 0 Å². The molecule has 0 atom stereocenters. The van der Waals surface area contributed by atoms with E-state index in [9.17, 15) is 9.59 Å². The first-order valence-electron chi connectivity index (χ1n) is 7.21. The minimum absolute atomic E-state index is 0.139. The zero-order chi connectivity index (χ0) is 17.5. The van der Waals surface area contributed by atoms with Crippen LogP contribution in [0.25, 0.3) is 0 Å². The minimum atomic E-state index is -0.719. The number of rotatable bonds is 6. The van der Waals surface area contributed by atoms with Gasteiger partial charge in [-0.25, -0.2) is 4.79 Å². The van der Waals surface area contributed by atoms with Crippen LogP contribution in [0.5, 0.6) is 0 Å². The molecule has 0 saturated carbocycles. The van der Waals surface area contributed by atoms with E-state index in [0.717, 1.165) is 0 Å². The Kier molecular flexibility index (Phi) is 6.41. The molecule has 0 bridgehead atoms. The van der Waals surface area contributed by atoms with E-state index in [1.54, 1.807) is 55.5 Å². The molecular formula is C18H15Cl2NO3. The molecule has 2 rings (SSSR count). The second kappa shape index (κ2) is 8.52. The van der Waals surface area contributed by atoms with Crippen LogP contribution in [-0.4, -0.2) is 18.4 Å². The van der Waals surface area contributed by atoms with Gasteiger partial charge in [-0.3, -0.25) is 4.79 Å². The van der Waals surface area contributed by atoms with Gasteiger partial charge in [-0.2, -0.15) is 0 Å². The van der Waals surface area contributed by atoms with Crippen molar-refractivity contribution in [2.75, 3.05) is 11.9 Å². The number of esters is 1. The maximum absolute atomic E-state index is 12.6. The largest absolute Gasteiger partial charge is 0.462 e. The van der Waals surface area contributed by atoms with Gasteiger partial charge in [0.25, 0.3) is 0 Å². The highest BCUT2D eigenvalue weighted by molar-refractivity contribution is 6.37. The quantitative estimate of drug-likeness (QED) is 0.265. The number of ether oxygens (including phenoxy) is 1. The monoisotopic (exact) mass is 363 g/mol. The van der Waals surface area contributed by atoms with Crippen LogP contribution in [0.15, 0.2) is 60.3 Å². The zero-order valence-electron chi connectivity index (χ0n) is 12.9. The number of hydrogen-bond acceptors (Lipinski definition) is 4. The number of hydrogen-bond donors (Lipinski definition) is 1. The number of halogens is 2. The Labute approximate surface area is 150 Å². The molecule has 24 heavy (non-hydrogen) atoms. The molecule has 2 aromatic carbocycles. The van der Waals surface area contributed by atoms with Gasteiger partial charge < -0.3 is 10.1 Å². The molecule has 1 N–H and O–H groups in total. The molecule has 0 aliphatic heterocycles. The lowest BCUT2D eigenvalue weighted by Crippen LogP contribution is -2.18. The van der Waals surface area contributed by atoms with Crippen molar-refractivity contribution in [3.8, 4) is 0 Å². The molecule has 6 heteroatoms. The Balaban J connectivity index is 2.32. The highest BCUT2D eigenvalue weighted by atomic mass is 35.5. The molecular weight excluding hydrogens is 349 g/mol. The lowest BCUT2D eigenvalue weighted by Gasteiger charge is -2.09. The van der Waals surface area contributed by atoms with Crippen LogP contribution < -0.4 is 5.32 Å². The van der Waals surface area contributed by atoms with Crippen molar-refractivity contribution < 1.29 is 14.3 Å². The Morgan fingerprint density at radius 2 is 1.75 bits per heavy atom. The minimum Gasteiger partial charge on any atom is -0.462 e. The number of benzene rings is 2. The van der Waals surface area contributed by atoms with Crippen molar-refractivity contribution in [3.05, 3.63) is 75.9 Å². The summed E-state index contributed by atoms with van der Waals surface area (Å²) in [6.45, 7) is 1.83. The molecule has 0 heterocycles. The van der Waals surface area contributed by atoms with Gasteiger partial charge >= 0.3 is 5.97 Å². The van der Waals surface area contributed by atoms with Crippen molar-refractivity contribution in [1.29, 1.82) is 0 Å². The molecule has 2 aromatic rings. The third kappa shape index (κ3) is 4.60. The lowest BCUT2D eigenvalue weighted by atomic mass is 10.0. The summed E-state index contributed by atoms with van der Waals surface area (Å²) < 4.78 is 4.96. The first-order chi connectivity index (χ1) is 11.5. The molecule has 0 aromatic heterocycles. The summed E-state index contributed by atoms with van der Waals surface area (Å²) >= 11 is 11.9. The molecule has 0 aliphatic carbocycles. The topological polar surface area (TPSA) is 55.4 Å². The number of anilines is 1. The lowest BCUT2D eigenvalue weighted by molar-refractivity contribution is -0.138. The number of carbonyl (C=O) groups is 2. The Hall–Kier alpha value is -2.30. The summed E-state index contributed by atoms with van der Waals surface area (Å²) in [6.07, 6.45) is 1.31. The van der Waals surface area contributed by atoms with Gasteiger partial charge in [0.15, 0.2) is 0 Å². The molecule has 0 saturated heterocycles. The predicted molar refractivity (Wildman–Crippen MR) is 95.6 cm³/mol. The van der Waals surface area contributed by atoms with Crippen molar-refractivity contribution in [2.24, 2.45) is 0 Å². The molecule has 0 unspecified atom stereocenters. The SMILES string of the molecule is CCOC(=O)/C(=C\Nc1ccc(Cl)cc1)C(=O)c1ccccc1Cl. The van der Waals surface area contributed by atoms with E-state index in [1.165, 1.54) is 6.20 Å². The summed E-state index contributed by atoms with van der Waals surface area (Å²) in [5.74, 6) is -1.23. The summed E-state index contributed by atoms with van der Waals surface area (Å²) in [5.41, 5.74) is 0.768. The summed E-state index contributed by atoms with van der Waals surface area (Å²) in [6, 6.07) is 13.4. The van der Waals surface area contributed by atoms with Gasteiger partial charge in [0.2, 0.25) is 5.78 Å². The van der Waals surface area contributed by atoms with E-state index in [2.05, 4.69) is 5.32 Å². The fourth-order valence-corrected chi connectivity index (χ4v) is 2.27. The summed E-state index contributed by atoms with van der Waals surface area (Å²) in [4.78, 5) is 24.8. The van der Waals surface area contributed by atoms with Crippen LogP contribution in [0.4, 0.5) is 5.69 Å². The highest BCUT2D eigenvalue weighted by Gasteiger charge is 2.22. The number of ketones is 1. The van der Waals surface area contributed by atoms with Gasteiger partial charge in [0.05, 0.1) is 11.6 Å². The molecule has 0 aliphatic rings. The summed E-state index contributed by atoms with van der Waals surface area (Å²) in [5, 5.41) is 3.75. The van der Waals surface area contributed by atoms with Crippen molar-refractivity contribution in [3.63, 3.8) is 0 Å². The number of nitrogens with one attached hydrogen (secondary N) is 1. The normalized spacial score (nSPS) is 11.0. The average molecular weight is 364 g/mol. The standard InChI is InChI=1S/C18H15Cl2NO3/c1-2-24-18(23)15(11-21-13-9-7-12(19)8-10-13)17(22)14-5-3-4-6-16(14)20/h3-11,21H,2H2,1H3/b15-11-. The second-order valence-corrected chi connectivity index (χ2v) is 5.58. The molecule has 0 spiro atoms. The van der Waals surface area contributed by atoms with Crippen LogP contribution in [0.3, 0.4) is 0 Å². The van der Waals surface area contributed by atoms with Crippen molar-refractivity contribution >= 4 is 40.6 Å². The van der Waals surface area contributed by atoms with Gasteiger partial charge in [-0.05, 0) is 43.3 Å². The second-order valence-electron chi connectivity index (χ2n) is 4.74. The fraction of sp³-hybridized carbons (Fsp3) is 0.111. The maximum atomic E-state index is 12.6. The first kappa shape index (κ1) is 18.0. The average Bonchev–Trinajstić information content (AvgIpc) is 2.57. The van der Waals surface area contributed by atoms with Crippen LogP contribution >= 0.6 is 23.2 Å². The van der Waals surface area contributed by atoms with Crippen molar-refractivity contribution in [1.82, 2.24) is 0 Å². The third-order valence-corrected chi connectivity index (χ3v) is 3.67. The smallest absolute Gasteiger partial charge is 0.343 e. The summed E-state index contributed by atoms with van der Waals surface area (Å²) in [7, 11) is 0. The van der Waals surface area contributed by atoms with Gasteiger partial charge in [-0.1, -0.05) is 35.3 Å². The molecule has 0 amide bonds. The Morgan fingerprint density at radius 3 is 2.38 bits per heavy atom. The third-order valence-electron chi connectivity index (χ3n) is 3.09. The zero-order valence-corrected chi connectivity index (χ0v) is 14.4. The van der Waals surface area contributed by atoms with Gasteiger partial charge in [0.1, 0.15) is 5.57 Å². The van der Waals surface area contributed by atoms with E-state index in [4.69, 9.17) is 27.9 Å². The van der Waals surface area contributed by atoms with Crippen molar-refractivity contribution in [2.45, 2.75) is 6.92 Å². The van der Waals surface area contributed by atoms with Crippen LogP contribution in [0.2, 0.25) is 10.0 Å². The van der Waals surface area contributed by atoms with E-state index in [0.29, 0.717) is 10.7 Å². The molecule has 124 valence electrons. The first-order valence-corrected chi connectivity index (χ1v) is 7.97. The van der Waals surface area contributed by atoms with Gasteiger partial charge in [0, 0.05) is 22.5 Å². The van der Waals surface area contributed by atoms with Gasteiger partial charge in [-0.15, -0.1) is 0 Å². The molecule has 0 radical (unpaired) electrons. The molecule has 4 nitrogen and oxygen atoms in total. The Bertz CT molecular complexity index is 770. The highest BCUT2D eigenvalue weighted by Crippen LogP contribution is 2.20. The van der Waals surface area contributed by atoms with Crippen LogP contribution in [0, 0.1) is 0 Å². The maximum Gasteiger partial charge on any atom is 0.343 e. The number of Topliss-reactive ketones (excluding diaryl/α,β-unsaturated/α-hetero) is 1. The molecule has 0 fully saturated rings. The van der Waals surface area contributed by atoms with Crippen LogP contribution in [-0.2, 0) is 9.53 Å². The van der Waals surface area contributed by atoms with E-state index in [-0.39, 0.29) is 22.8 Å².